The van der Waals surface area contributed by atoms with Crippen molar-refractivity contribution < 1.29 is 37.0 Å². The summed E-state index contributed by atoms with van der Waals surface area (Å²) in [5.41, 5.74) is -1.44. The zero-order valence-corrected chi connectivity index (χ0v) is 23.2. The number of rotatable bonds is 9. The van der Waals surface area contributed by atoms with Gasteiger partial charge in [0, 0.05) is 23.6 Å². The van der Waals surface area contributed by atoms with Crippen LogP contribution in [0.5, 0.6) is 5.75 Å². The van der Waals surface area contributed by atoms with Crippen LogP contribution in [0.25, 0.3) is 5.13 Å². The second-order valence-electron chi connectivity index (χ2n) is 9.53. The number of hydrogen-bond acceptors (Lipinski definition) is 8. The van der Waals surface area contributed by atoms with E-state index in [1.807, 2.05) is 0 Å². The molecule has 2 heterocycles. The predicted octanol–water partition coefficient (Wildman–Crippen LogP) is 3.82. The molecule has 2 aromatic heterocycles. The number of methoxy groups -OCH3 is 1. The fourth-order valence-electron chi connectivity index (χ4n) is 3.30. The maximum Gasteiger partial charge on any atom is 0.435 e. The summed E-state index contributed by atoms with van der Waals surface area (Å²) in [6.45, 7) is 6.43. The summed E-state index contributed by atoms with van der Waals surface area (Å²) in [6.07, 6.45) is -5.56. The second-order valence-corrected chi connectivity index (χ2v) is 10.4. The summed E-state index contributed by atoms with van der Waals surface area (Å²) in [5.74, 6) is -0.828. The van der Waals surface area contributed by atoms with Crippen molar-refractivity contribution in [2.45, 2.75) is 58.6 Å². The van der Waals surface area contributed by atoms with Gasteiger partial charge >= 0.3 is 12.3 Å². The van der Waals surface area contributed by atoms with Crippen molar-refractivity contribution in [1.82, 2.24) is 30.7 Å². The third kappa shape index (κ3) is 8.18. The second kappa shape index (κ2) is 12.4. The van der Waals surface area contributed by atoms with Crippen LogP contribution in [0.1, 0.15) is 55.1 Å². The van der Waals surface area contributed by atoms with E-state index in [-0.39, 0.29) is 23.9 Å². The number of ether oxygens (including phenoxy) is 2. The van der Waals surface area contributed by atoms with Gasteiger partial charge in [0.15, 0.2) is 5.69 Å². The van der Waals surface area contributed by atoms with E-state index >= 15 is 0 Å². The number of nitrogens with zero attached hydrogens (tertiary/aromatic N) is 3. The van der Waals surface area contributed by atoms with Gasteiger partial charge in [0.25, 0.3) is 5.91 Å². The maximum absolute atomic E-state index is 13.5. The number of halogens is 3. The van der Waals surface area contributed by atoms with Crippen LogP contribution in [0.3, 0.4) is 0 Å². The fraction of sp³-hybridized carbons (Fsp3) is 0.400. The van der Waals surface area contributed by atoms with Gasteiger partial charge in [-0.2, -0.15) is 23.0 Å². The zero-order valence-electron chi connectivity index (χ0n) is 22.4. The number of carbonyl (C=O) groups is 3. The first-order valence-corrected chi connectivity index (χ1v) is 12.8. The van der Waals surface area contributed by atoms with Gasteiger partial charge in [0.2, 0.25) is 11.0 Å². The van der Waals surface area contributed by atoms with Gasteiger partial charge in [-0.15, -0.1) is 11.3 Å². The van der Waals surface area contributed by atoms with Crippen LogP contribution in [0.2, 0.25) is 0 Å². The Labute approximate surface area is 232 Å². The summed E-state index contributed by atoms with van der Waals surface area (Å²) in [6, 6.07) is 6.60. The molecule has 0 bridgehead atoms. The fourth-order valence-corrected chi connectivity index (χ4v) is 4.08. The van der Waals surface area contributed by atoms with Crippen molar-refractivity contribution in [2.75, 3.05) is 7.11 Å². The first-order chi connectivity index (χ1) is 18.7. The summed E-state index contributed by atoms with van der Waals surface area (Å²) in [7, 11) is 1.46. The van der Waals surface area contributed by atoms with Crippen molar-refractivity contribution >= 4 is 29.2 Å². The summed E-state index contributed by atoms with van der Waals surface area (Å²) in [5, 5.41) is 12.6. The number of amides is 3. The van der Waals surface area contributed by atoms with E-state index in [4.69, 9.17) is 9.47 Å². The van der Waals surface area contributed by atoms with Gasteiger partial charge in [-0.3, -0.25) is 9.59 Å². The van der Waals surface area contributed by atoms with E-state index < -0.39 is 41.4 Å². The average molecular weight is 583 g/mol. The number of nitrogens with one attached hydrogen (secondary N) is 3. The van der Waals surface area contributed by atoms with E-state index in [1.54, 1.807) is 45.0 Å². The van der Waals surface area contributed by atoms with Crippen molar-refractivity contribution in [3.05, 3.63) is 58.4 Å². The molecular formula is C25H29F3N6O5S. The van der Waals surface area contributed by atoms with Gasteiger partial charge in [-0.05, 0) is 33.8 Å². The molecule has 3 aromatic rings. The zero-order chi connectivity index (χ0) is 29.7. The number of alkyl carbamates (subject to hydrolysis) is 1. The highest BCUT2D eigenvalue weighted by atomic mass is 32.1. The van der Waals surface area contributed by atoms with Crippen LogP contribution in [0.15, 0.2) is 35.7 Å². The summed E-state index contributed by atoms with van der Waals surface area (Å²) >= 11 is 0.937. The maximum atomic E-state index is 13.5. The third-order valence-corrected chi connectivity index (χ3v) is 6.02. The Bertz CT molecular complexity index is 1370. The van der Waals surface area contributed by atoms with Crippen LogP contribution < -0.4 is 20.7 Å². The van der Waals surface area contributed by atoms with Gasteiger partial charge < -0.3 is 25.4 Å². The molecule has 0 radical (unpaired) electrons. The Morgan fingerprint density at radius 1 is 1.10 bits per heavy atom. The number of benzene rings is 1. The first-order valence-electron chi connectivity index (χ1n) is 12.0. The van der Waals surface area contributed by atoms with E-state index in [1.165, 1.54) is 19.4 Å². The Morgan fingerprint density at radius 2 is 1.80 bits per heavy atom. The largest absolute Gasteiger partial charge is 0.496 e. The molecule has 0 aliphatic carbocycles. The standard InChI is InChI=1S/C25H29F3N6O5S/c1-14(31-23(37)39-24(2,3)4)20(35)30-12-16-13-40-22(32-16)34-17(10-19(33-34)25(26,27)28)21(36)29-11-15-8-6-7-9-18(15)38-5/h6-10,13-14H,11-12H2,1-5H3,(H,29,36)(H,30,35)(H,31,37)/t14-/m1/s1. The van der Waals surface area contributed by atoms with Crippen molar-refractivity contribution in [1.29, 1.82) is 0 Å². The number of para-hydroxylation sites is 1. The molecule has 15 heteroatoms. The minimum atomic E-state index is -4.80. The molecule has 3 amide bonds. The van der Waals surface area contributed by atoms with Gasteiger partial charge in [-0.1, -0.05) is 18.2 Å². The average Bonchev–Trinajstić information content (AvgIpc) is 3.52. The van der Waals surface area contributed by atoms with Gasteiger partial charge in [-0.25, -0.2) is 9.78 Å². The van der Waals surface area contributed by atoms with Crippen molar-refractivity contribution in [3.63, 3.8) is 0 Å². The molecule has 1 aromatic carbocycles. The van der Waals surface area contributed by atoms with Crippen LogP contribution in [0.4, 0.5) is 18.0 Å². The predicted molar refractivity (Wildman–Crippen MR) is 139 cm³/mol. The summed E-state index contributed by atoms with van der Waals surface area (Å²) < 4.78 is 51.5. The number of aromatic nitrogens is 3. The number of thiazole rings is 1. The molecule has 0 aliphatic heterocycles. The quantitative estimate of drug-likeness (QED) is 0.349. The number of alkyl halides is 3. The van der Waals surface area contributed by atoms with E-state index in [9.17, 15) is 27.6 Å². The van der Waals surface area contributed by atoms with Gasteiger partial charge in [0.1, 0.15) is 23.1 Å². The highest BCUT2D eigenvalue weighted by Crippen LogP contribution is 2.30. The molecule has 0 unspecified atom stereocenters. The molecule has 0 fully saturated rings. The Hall–Kier alpha value is -4.14. The molecule has 0 spiro atoms. The minimum Gasteiger partial charge on any atom is -0.496 e. The smallest absolute Gasteiger partial charge is 0.435 e. The lowest BCUT2D eigenvalue weighted by Gasteiger charge is -2.21. The first kappa shape index (κ1) is 30.4. The monoisotopic (exact) mass is 582 g/mol. The highest BCUT2D eigenvalue weighted by molar-refractivity contribution is 7.12. The molecular weight excluding hydrogens is 553 g/mol. The van der Waals surface area contributed by atoms with Crippen LogP contribution in [-0.4, -0.2) is 51.4 Å². The molecule has 216 valence electrons. The lowest BCUT2D eigenvalue weighted by molar-refractivity contribution is -0.141. The molecule has 40 heavy (non-hydrogen) atoms. The Morgan fingerprint density at radius 3 is 2.45 bits per heavy atom. The van der Waals surface area contributed by atoms with Crippen molar-refractivity contribution in [2.24, 2.45) is 0 Å². The topological polar surface area (TPSA) is 136 Å². The molecule has 1 atom stereocenters. The lowest BCUT2D eigenvalue weighted by Crippen LogP contribution is -2.46. The third-order valence-electron chi connectivity index (χ3n) is 5.16. The van der Waals surface area contributed by atoms with Crippen LogP contribution >= 0.6 is 11.3 Å². The van der Waals surface area contributed by atoms with Crippen LogP contribution in [-0.2, 0) is 28.8 Å². The van der Waals surface area contributed by atoms with Gasteiger partial charge in [0.05, 0.1) is 19.3 Å². The molecule has 3 rings (SSSR count). The molecule has 11 nitrogen and oxygen atoms in total. The van der Waals surface area contributed by atoms with Crippen LogP contribution in [0, 0.1) is 0 Å². The SMILES string of the molecule is COc1ccccc1CNC(=O)c1cc(C(F)(F)F)nn1-c1nc(CNC(=O)[C@@H](C)NC(=O)OC(C)(C)C)cs1. The van der Waals surface area contributed by atoms with E-state index in [0.29, 0.717) is 23.1 Å². The van der Waals surface area contributed by atoms with E-state index in [0.717, 1.165) is 16.0 Å². The summed E-state index contributed by atoms with van der Waals surface area (Å²) in [4.78, 5) is 41.4. The number of hydrogen-bond donors (Lipinski definition) is 3. The molecule has 0 saturated carbocycles. The Kier molecular flexibility index (Phi) is 9.40. The minimum absolute atomic E-state index is 0.0000434. The Balaban J connectivity index is 1.72. The van der Waals surface area contributed by atoms with Crippen molar-refractivity contribution in [3.8, 4) is 10.9 Å². The van der Waals surface area contributed by atoms with E-state index in [2.05, 4.69) is 26.0 Å². The normalized spacial score (nSPS) is 12.4. The lowest BCUT2D eigenvalue weighted by atomic mass is 10.2. The highest BCUT2D eigenvalue weighted by Gasteiger charge is 2.36. The molecule has 3 N–H and O–H groups in total. The molecule has 0 aliphatic rings. The number of carbonyl (C=O) groups excluding carboxylic acids is 3. The molecule has 0 saturated heterocycles.